The molecular weight excluding hydrogens is 369 g/mol. The second-order valence-corrected chi connectivity index (χ2v) is 9.64. The van der Waals surface area contributed by atoms with E-state index in [2.05, 4.69) is 4.72 Å². The molecule has 2 rings (SSSR count). The molecule has 2 atom stereocenters. The Morgan fingerprint density at radius 2 is 1.80 bits per heavy atom. The molecule has 20 heavy (non-hydrogen) atoms. The Morgan fingerprint density at radius 3 is 2.30 bits per heavy atom. The van der Waals surface area contributed by atoms with E-state index in [4.69, 9.17) is 34.8 Å². The molecule has 10 heteroatoms. The first-order chi connectivity index (χ1) is 9.11. The van der Waals surface area contributed by atoms with Gasteiger partial charge in [0.15, 0.2) is 9.84 Å². The van der Waals surface area contributed by atoms with Gasteiger partial charge in [-0.2, -0.15) is 0 Å². The molecule has 0 aromatic heterocycles. The molecule has 1 aromatic rings. The van der Waals surface area contributed by atoms with Gasteiger partial charge in [0.25, 0.3) is 0 Å². The van der Waals surface area contributed by atoms with Crippen molar-refractivity contribution in [2.75, 3.05) is 11.5 Å². The third-order valence-corrected chi connectivity index (χ3v) is 7.39. The predicted molar refractivity (Wildman–Crippen MR) is 78.9 cm³/mol. The highest BCUT2D eigenvalue weighted by Crippen LogP contribution is 2.26. The zero-order valence-electron chi connectivity index (χ0n) is 9.88. The SMILES string of the molecule is O=S1(=O)C[C@@H](Cl)[C@@H](NS(=O)(=O)c2ccc(Cl)c(Cl)c2)C1. The molecule has 5 nitrogen and oxygen atoms in total. The van der Waals surface area contributed by atoms with Gasteiger partial charge in [0.2, 0.25) is 10.0 Å². The fourth-order valence-electron chi connectivity index (χ4n) is 1.82. The predicted octanol–water partition coefficient (Wildman–Crippen LogP) is 1.68. The number of nitrogens with one attached hydrogen (secondary N) is 1. The summed E-state index contributed by atoms with van der Waals surface area (Å²) in [5.41, 5.74) is 0. The molecule has 0 unspecified atom stereocenters. The Labute approximate surface area is 132 Å². The lowest BCUT2D eigenvalue weighted by atomic mass is 10.3. The lowest BCUT2D eigenvalue weighted by molar-refractivity contribution is 0.563. The van der Waals surface area contributed by atoms with E-state index in [9.17, 15) is 16.8 Å². The summed E-state index contributed by atoms with van der Waals surface area (Å²) in [5.74, 6) is -0.565. The molecule has 0 saturated carbocycles. The summed E-state index contributed by atoms with van der Waals surface area (Å²) in [7, 11) is -7.23. The van der Waals surface area contributed by atoms with E-state index in [0.717, 1.165) is 0 Å². The van der Waals surface area contributed by atoms with E-state index in [1.165, 1.54) is 18.2 Å². The molecule has 1 heterocycles. The minimum absolute atomic E-state index is 0.0935. The van der Waals surface area contributed by atoms with Crippen LogP contribution in [0.15, 0.2) is 23.1 Å². The maximum atomic E-state index is 12.1. The van der Waals surface area contributed by atoms with Crippen LogP contribution in [0.3, 0.4) is 0 Å². The summed E-state index contributed by atoms with van der Waals surface area (Å²) >= 11 is 17.3. The third-order valence-electron chi connectivity index (χ3n) is 2.79. The smallest absolute Gasteiger partial charge is 0.229 e. The standard InChI is InChI=1S/C10H10Cl3NO4S2/c11-7-2-1-6(3-8(7)12)20(17,18)14-10-5-19(15,16)4-9(10)13/h1-3,9-10,14H,4-5H2/t9-,10+/m1/s1. The number of sulfone groups is 1. The number of rotatable bonds is 3. The molecule has 0 bridgehead atoms. The highest BCUT2D eigenvalue weighted by atomic mass is 35.5. The summed E-state index contributed by atoms with van der Waals surface area (Å²) in [6, 6.07) is 2.96. The van der Waals surface area contributed by atoms with Crippen LogP contribution in [0.1, 0.15) is 0 Å². The van der Waals surface area contributed by atoms with Gasteiger partial charge in [0.05, 0.1) is 37.9 Å². The minimum atomic E-state index is -3.91. The van der Waals surface area contributed by atoms with E-state index in [1.54, 1.807) is 0 Å². The fourth-order valence-corrected chi connectivity index (χ4v) is 6.22. The fraction of sp³-hybridized carbons (Fsp3) is 0.400. The minimum Gasteiger partial charge on any atom is -0.229 e. The van der Waals surface area contributed by atoms with E-state index < -0.39 is 31.3 Å². The number of hydrogen-bond acceptors (Lipinski definition) is 4. The van der Waals surface area contributed by atoms with Gasteiger partial charge in [-0.15, -0.1) is 11.6 Å². The van der Waals surface area contributed by atoms with Crippen LogP contribution in [-0.2, 0) is 19.9 Å². The van der Waals surface area contributed by atoms with Gasteiger partial charge in [-0.25, -0.2) is 21.6 Å². The molecule has 1 aliphatic heterocycles. The van der Waals surface area contributed by atoms with Crippen LogP contribution in [0, 0.1) is 0 Å². The zero-order valence-corrected chi connectivity index (χ0v) is 13.8. The van der Waals surface area contributed by atoms with Gasteiger partial charge in [-0.05, 0) is 18.2 Å². The monoisotopic (exact) mass is 377 g/mol. The molecule has 1 aliphatic rings. The molecule has 112 valence electrons. The molecule has 1 fully saturated rings. The van der Waals surface area contributed by atoms with Gasteiger partial charge >= 0.3 is 0 Å². The largest absolute Gasteiger partial charge is 0.240 e. The van der Waals surface area contributed by atoms with Crippen LogP contribution in [-0.4, -0.2) is 39.8 Å². The molecule has 1 N–H and O–H groups in total. The second-order valence-electron chi connectivity index (χ2n) is 4.40. The summed E-state index contributed by atoms with van der Waals surface area (Å²) < 4.78 is 49.4. The van der Waals surface area contributed by atoms with Crippen LogP contribution < -0.4 is 4.72 Å². The van der Waals surface area contributed by atoms with E-state index in [-0.39, 0.29) is 26.4 Å². The van der Waals surface area contributed by atoms with Gasteiger partial charge in [0, 0.05) is 0 Å². The summed E-state index contributed by atoms with van der Waals surface area (Å²) in [5, 5.41) is -0.474. The highest BCUT2D eigenvalue weighted by Gasteiger charge is 2.38. The maximum Gasteiger partial charge on any atom is 0.240 e. The Morgan fingerprint density at radius 1 is 1.15 bits per heavy atom. The Balaban J connectivity index is 2.26. The first-order valence-corrected chi connectivity index (χ1v) is 9.92. The zero-order chi connectivity index (χ0) is 15.1. The normalized spacial score (nSPS) is 25.8. The quantitative estimate of drug-likeness (QED) is 0.811. The first-order valence-electron chi connectivity index (χ1n) is 5.42. The number of hydrogen-bond donors (Lipinski definition) is 1. The molecule has 0 aliphatic carbocycles. The van der Waals surface area contributed by atoms with E-state index in [0.29, 0.717) is 0 Å². The van der Waals surface area contributed by atoms with Crippen LogP contribution >= 0.6 is 34.8 Å². The first kappa shape index (κ1) is 16.3. The van der Waals surface area contributed by atoms with Crippen molar-refractivity contribution < 1.29 is 16.8 Å². The Hall–Kier alpha value is -0.0500. The van der Waals surface area contributed by atoms with Crippen molar-refractivity contribution in [1.29, 1.82) is 0 Å². The molecule has 0 radical (unpaired) electrons. The van der Waals surface area contributed by atoms with Crippen LogP contribution in [0.4, 0.5) is 0 Å². The molecular formula is C10H10Cl3NO4S2. The third kappa shape index (κ3) is 3.58. The summed E-state index contributed by atoms with van der Waals surface area (Å²) in [4.78, 5) is -0.0972. The molecule has 1 aromatic carbocycles. The number of sulfonamides is 1. The number of alkyl halides is 1. The van der Waals surface area contributed by atoms with Crippen LogP contribution in [0.2, 0.25) is 10.0 Å². The van der Waals surface area contributed by atoms with Crippen molar-refractivity contribution in [3.8, 4) is 0 Å². The van der Waals surface area contributed by atoms with Crippen LogP contribution in [0.25, 0.3) is 0 Å². The maximum absolute atomic E-state index is 12.1. The van der Waals surface area contributed by atoms with Crippen molar-refractivity contribution >= 4 is 54.7 Å². The van der Waals surface area contributed by atoms with Crippen molar-refractivity contribution in [2.24, 2.45) is 0 Å². The topological polar surface area (TPSA) is 80.3 Å². The van der Waals surface area contributed by atoms with Gasteiger partial charge in [-0.1, -0.05) is 23.2 Å². The van der Waals surface area contributed by atoms with Gasteiger partial charge < -0.3 is 0 Å². The van der Waals surface area contributed by atoms with E-state index in [1.807, 2.05) is 0 Å². The summed E-state index contributed by atoms with van der Waals surface area (Å²) in [6.45, 7) is 0. The molecule has 0 amide bonds. The number of benzene rings is 1. The molecule has 1 saturated heterocycles. The van der Waals surface area contributed by atoms with Crippen molar-refractivity contribution in [3.63, 3.8) is 0 Å². The van der Waals surface area contributed by atoms with Crippen molar-refractivity contribution in [2.45, 2.75) is 16.3 Å². The lowest BCUT2D eigenvalue weighted by Gasteiger charge is -2.15. The lowest BCUT2D eigenvalue weighted by Crippen LogP contribution is -2.40. The highest BCUT2D eigenvalue weighted by molar-refractivity contribution is 7.92. The number of halogens is 3. The Kier molecular flexibility index (Phi) is 4.59. The summed E-state index contributed by atoms with van der Waals surface area (Å²) in [6.07, 6.45) is 0. The van der Waals surface area contributed by atoms with Gasteiger partial charge in [-0.3, -0.25) is 0 Å². The van der Waals surface area contributed by atoms with Crippen molar-refractivity contribution in [3.05, 3.63) is 28.2 Å². The Bertz CT molecular complexity index is 733. The van der Waals surface area contributed by atoms with Gasteiger partial charge in [0.1, 0.15) is 0 Å². The molecule has 0 spiro atoms. The van der Waals surface area contributed by atoms with Crippen molar-refractivity contribution in [1.82, 2.24) is 4.72 Å². The second kappa shape index (κ2) is 5.62. The average molecular weight is 379 g/mol. The average Bonchev–Trinajstić information content (AvgIpc) is 2.54. The van der Waals surface area contributed by atoms with Crippen LogP contribution in [0.5, 0.6) is 0 Å². The van der Waals surface area contributed by atoms with E-state index >= 15 is 0 Å².